The molecule has 0 spiro atoms. The minimum absolute atomic E-state index is 0.0481. The molecule has 12 heteroatoms. The van der Waals surface area contributed by atoms with E-state index in [1.54, 1.807) is 0 Å². The summed E-state index contributed by atoms with van der Waals surface area (Å²) in [5.41, 5.74) is 0. The lowest BCUT2D eigenvalue weighted by Gasteiger charge is -2.56. The van der Waals surface area contributed by atoms with E-state index in [-0.39, 0.29) is 13.8 Å². The zero-order chi connectivity index (χ0) is 17.1. The number of aliphatic hydroxyl groups is 3. The van der Waals surface area contributed by atoms with Crippen LogP contribution in [0.3, 0.4) is 0 Å². The molecule has 0 aromatic rings. The Labute approximate surface area is 113 Å². The third-order valence-electron chi connectivity index (χ3n) is 3.09. The summed E-state index contributed by atoms with van der Waals surface area (Å²) in [5, 5.41) is 28.4. The fourth-order valence-corrected chi connectivity index (χ4v) is 1.71. The van der Waals surface area contributed by atoms with Gasteiger partial charge in [-0.3, -0.25) is 0 Å². The van der Waals surface area contributed by atoms with E-state index in [4.69, 9.17) is 0 Å². The Hall–Kier alpha value is -0.660. The summed E-state index contributed by atoms with van der Waals surface area (Å²) in [6.45, 7) is 0.304. The fraction of sp³-hybridized carbons (Fsp3) is 1.00. The van der Waals surface area contributed by atoms with Gasteiger partial charge in [-0.15, -0.1) is 0 Å². The topological polar surface area (TPSA) is 88.4 Å². The molecular weight excluding hydrogens is 318 g/mol. The molecule has 0 aromatic heterocycles. The summed E-state index contributed by atoms with van der Waals surface area (Å²) in [4.78, 5) is 0. The standard InChI is InChI=1S/C9H12F6O6/c1-4(16)6(17,8(10,11)12)21-5(2,19-3)7(18,20-4)9(13,14)15/h16-18H,1-3H3/t4-,5-,6-,7-/m0/s1. The highest BCUT2D eigenvalue weighted by molar-refractivity contribution is 5.03. The number of methoxy groups -OCH3 is 1. The van der Waals surface area contributed by atoms with Crippen LogP contribution < -0.4 is 0 Å². The molecule has 0 saturated carbocycles. The molecule has 21 heavy (non-hydrogen) atoms. The number of rotatable bonds is 1. The number of hydrogen-bond donors (Lipinski definition) is 3. The van der Waals surface area contributed by atoms with Crippen LogP contribution in [0.25, 0.3) is 0 Å². The third-order valence-corrected chi connectivity index (χ3v) is 3.09. The lowest BCUT2D eigenvalue weighted by molar-refractivity contribution is -0.617. The van der Waals surface area contributed by atoms with Crippen LogP contribution >= 0.6 is 0 Å². The van der Waals surface area contributed by atoms with Crippen molar-refractivity contribution < 1.29 is 55.9 Å². The van der Waals surface area contributed by atoms with E-state index in [0.717, 1.165) is 0 Å². The number of ether oxygens (including phenoxy) is 3. The van der Waals surface area contributed by atoms with Gasteiger partial charge in [-0.05, 0) is 13.8 Å². The molecule has 0 unspecified atom stereocenters. The third kappa shape index (κ3) is 2.29. The van der Waals surface area contributed by atoms with Crippen molar-refractivity contribution in [2.75, 3.05) is 7.11 Å². The van der Waals surface area contributed by atoms with Gasteiger partial charge >= 0.3 is 23.9 Å². The lowest BCUT2D eigenvalue weighted by Crippen LogP contribution is -2.81. The molecule has 0 aromatic carbocycles. The van der Waals surface area contributed by atoms with E-state index < -0.39 is 35.5 Å². The summed E-state index contributed by atoms with van der Waals surface area (Å²) in [5.74, 6) is -16.6. The molecule has 3 N–H and O–H groups in total. The minimum Gasteiger partial charge on any atom is -0.361 e. The van der Waals surface area contributed by atoms with Crippen LogP contribution in [-0.4, -0.2) is 57.9 Å². The van der Waals surface area contributed by atoms with Crippen molar-refractivity contribution in [2.45, 2.75) is 49.3 Å². The molecule has 1 rings (SSSR count). The largest absolute Gasteiger partial charge is 0.449 e. The minimum atomic E-state index is -5.76. The van der Waals surface area contributed by atoms with Crippen molar-refractivity contribution in [3.8, 4) is 0 Å². The molecule has 0 radical (unpaired) electrons. The Morgan fingerprint density at radius 1 is 0.810 bits per heavy atom. The predicted molar refractivity (Wildman–Crippen MR) is 50.2 cm³/mol. The number of halogens is 6. The van der Waals surface area contributed by atoms with Crippen LogP contribution in [0.15, 0.2) is 0 Å². The highest BCUT2D eigenvalue weighted by atomic mass is 19.4. The van der Waals surface area contributed by atoms with E-state index in [1.165, 1.54) is 0 Å². The molecular formula is C9H12F6O6. The zero-order valence-electron chi connectivity index (χ0n) is 10.8. The van der Waals surface area contributed by atoms with Crippen LogP contribution in [0.1, 0.15) is 13.8 Å². The summed E-state index contributed by atoms with van der Waals surface area (Å²) in [6, 6.07) is 0. The molecule has 0 bridgehead atoms. The van der Waals surface area contributed by atoms with Gasteiger partial charge in [0.1, 0.15) is 0 Å². The molecule has 1 aliphatic heterocycles. The van der Waals surface area contributed by atoms with Crippen LogP contribution in [0, 0.1) is 0 Å². The smallest absolute Gasteiger partial charge is 0.361 e. The first kappa shape index (κ1) is 18.4. The summed E-state index contributed by atoms with van der Waals surface area (Å²) < 4.78 is 88.9. The molecule has 1 fully saturated rings. The molecule has 1 heterocycles. The van der Waals surface area contributed by atoms with Crippen molar-refractivity contribution in [3.63, 3.8) is 0 Å². The van der Waals surface area contributed by atoms with Crippen LogP contribution in [0.4, 0.5) is 26.3 Å². The van der Waals surface area contributed by atoms with Gasteiger partial charge in [-0.1, -0.05) is 0 Å². The van der Waals surface area contributed by atoms with Crippen molar-refractivity contribution in [1.82, 2.24) is 0 Å². The maximum absolute atomic E-state index is 12.9. The maximum Gasteiger partial charge on any atom is 0.449 e. The first-order valence-electron chi connectivity index (χ1n) is 5.23. The summed E-state index contributed by atoms with van der Waals surface area (Å²) in [7, 11) is 0.483. The molecule has 1 saturated heterocycles. The van der Waals surface area contributed by atoms with Crippen LogP contribution in [0.5, 0.6) is 0 Å². The molecule has 4 atom stereocenters. The van der Waals surface area contributed by atoms with Gasteiger partial charge in [0.05, 0.1) is 0 Å². The van der Waals surface area contributed by atoms with Crippen LogP contribution in [0.2, 0.25) is 0 Å². The Morgan fingerprint density at radius 2 is 1.19 bits per heavy atom. The van der Waals surface area contributed by atoms with Gasteiger partial charge in [0.15, 0.2) is 0 Å². The van der Waals surface area contributed by atoms with Gasteiger partial charge in [-0.25, -0.2) is 0 Å². The second-order valence-electron chi connectivity index (χ2n) is 4.62. The fourth-order valence-electron chi connectivity index (χ4n) is 1.71. The average Bonchev–Trinajstić information content (AvgIpc) is 2.23. The summed E-state index contributed by atoms with van der Waals surface area (Å²) >= 11 is 0. The number of hydrogen-bond acceptors (Lipinski definition) is 6. The SMILES string of the molecule is CO[C@@]1(C)O[C@](O)(C(F)(F)F)[C@@](C)(O)O[C@]1(O)C(F)(F)F. The highest BCUT2D eigenvalue weighted by Gasteiger charge is 2.82. The molecule has 0 amide bonds. The first-order chi connectivity index (χ1) is 8.97. The Bertz CT molecular complexity index is 422. The van der Waals surface area contributed by atoms with Gasteiger partial charge in [0.2, 0.25) is 11.6 Å². The van der Waals surface area contributed by atoms with Gasteiger partial charge < -0.3 is 29.5 Å². The van der Waals surface area contributed by atoms with Gasteiger partial charge in [0, 0.05) is 7.11 Å². The van der Waals surface area contributed by atoms with Crippen molar-refractivity contribution in [3.05, 3.63) is 0 Å². The van der Waals surface area contributed by atoms with E-state index in [1.807, 2.05) is 0 Å². The van der Waals surface area contributed by atoms with Crippen molar-refractivity contribution in [1.29, 1.82) is 0 Å². The van der Waals surface area contributed by atoms with Gasteiger partial charge in [-0.2, -0.15) is 26.3 Å². The maximum atomic E-state index is 12.9. The average molecular weight is 330 g/mol. The van der Waals surface area contributed by atoms with Crippen LogP contribution in [-0.2, 0) is 14.2 Å². The molecule has 6 nitrogen and oxygen atoms in total. The second-order valence-corrected chi connectivity index (χ2v) is 4.62. The van der Waals surface area contributed by atoms with E-state index in [2.05, 4.69) is 14.2 Å². The molecule has 126 valence electrons. The Morgan fingerprint density at radius 3 is 1.48 bits per heavy atom. The Kier molecular flexibility index (Phi) is 3.88. The van der Waals surface area contributed by atoms with Gasteiger partial charge in [0.25, 0.3) is 0 Å². The number of alkyl halides is 6. The quantitative estimate of drug-likeness (QED) is 0.611. The molecule has 1 aliphatic rings. The summed E-state index contributed by atoms with van der Waals surface area (Å²) in [6.07, 6.45) is -11.5. The van der Waals surface area contributed by atoms with E-state index >= 15 is 0 Å². The Balaban J connectivity index is 3.51. The normalized spacial score (nSPS) is 45.7. The lowest BCUT2D eigenvalue weighted by atomic mass is 9.97. The molecule has 0 aliphatic carbocycles. The zero-order valence-corrected chi connectivity index (χ0v) is 10.8. The van der Waals surface area contributed by atoms with Crippen molar-refractivity contribution >= 4 is 0 Å². The second kappa shape index (κ2) is 4.43. The van der Waals surface area contributed by atoms with E-state index in [0.29, 0.717) is 7.11 Å². The highest BCUT2D eigenvalue weighted by Crippen LogP contribution is 2.55. The predicted octanol–water partition coefficient (Wildman–Crippen LogP) is 0.606. The monoisotopic (exact) mass is 330 g/mol. The van der Waals surface area contributed by atoms with Crippen molar-refractivity contribution in [2.24, 2.45) is 0 Å². The van der Waals surface area contributed by atoms with E-state index in [9.17, 15) is 41.7 Å². The first-order valence-corrected chi connectivity index (χ1v) is 5.23.